The van der Waals surface area contributed by atoms with Crippen molar-refractivity contribution in [3.05, 3.63) is 29.6 Å². The van der Waals surface area contributed by atoms with Crippen molar-refractivity contribution in [2.24, 2.45) is 5.92 Å². The Morgan fingerprint density at radius 1 is 1.36 bits per heavy atom. The number of aryl methyl sites for hydroxylation is 1. The minimum Gasteiger partial charge on any atom is -0.393 e. The van der Waals surface area contributed by atoms with Gasteiger partial charge in [0.25, 0.3) is 5.91 Å². The molecule has 1 N–H and O–H groups in total. The third-order valence-electron chi connectivity index (χ3n) is 4.85. The molecule has 4 rings (SSSR count). The monoisotopic (exact) mass is 300 g/mol. The van der Waals surface area contributed by atoms with E-state index >= 15 is 0 Å². The highest BCUT2D eigenvalue weighted by molar-refractivity contribution is 6.02. The summed E-state index contributed by atoms with van der Waals surface area (Å²) in [6.07, 6.45) is 5.07. The maximum absolute atomic E-state index is 13.1. The topological polar surface area (TPSA) is 70.7 Å². The van der Waals surface area contributed by atoms with Gasteiger partial charge in [0.05, 0.1) is 17.4 Å². The quantitative estimate of drug-likeness (QED) is 0.910. The van der Waals surface area contributed by atoms with Crippen molar-refractivity contribution in [2.45, 2.75) is 44.8 Å². The van der Waals surface area contributed by atoms with Gasteiger partial charge in [-0.05, 0) is 50.7 Å². The predicted octanol–water partition coefficient (Wildman–Crippen LogP) is 1.41. The Morgan fingerprint density at radius 3 is 2.95 bits per heavy atom. The van der Waals surface area contributed by atoms with Gasteiger partial charge in [0.2, 0.25) is 0 Å². The SMILES string of the molecule is Cc1nn2ncccc2c1C(=O)N1CC[C@@H](O)C[C@@H]1C1CC1. The minimum atomic E-state index is -0.277. The van der Waals surface area contributed by atoms with E-state index in [4.69, 9.17) is 0 Å². The molecular formula is C16H20N4O2. The summed E-state index contributed by atoms with van der Waals surface area (Å²) in [5, 5.41) is 18.5. The summed E-state index contributed by atoms with van der Waals surface area (Å²) in [6, 6.07) is 3.87. The van der Waals surface area contributed by atoms with Gasteiger partial charge in [-0.1, -0.05) is 0 Å². The van der Waals surface area contributed by atoms with Crippen LogP contribution in [0.4, 0.5) is 0 Å². The zero-order chi connectivity index (χ0) is 15.3. The summed E-state index contributed by atoms with van der Waals surface area (Å²) in [5.74, 6) is 0.587. The van der Waals surface area contributed by atoms with Gasteiger partial charge in [-0.2, -0.15) is 14.8 Å². The second-order valence-electron chi connectivity index (χ2n) is 6.44. The van der Waals surface area contributed by atoms with Gasteiger partial charge < -0.3 is 10.0 Å². The highest BCUT2D eigenvalue weighted by Crippen LogP contribution is 2.40. The van der Waals surface area contributed by atoms with E-state index in [1.807, 2.05) is 24.0 Å². The van der Waals surface area contributed by atoms with Crippen LogP contribution in [0.5, 0.6) is 0 Å². The number of aliphatic hydroxyl groups excluding tert-OH is 1. The van der Waals surface area contributed by atoms with Crippen LogP contribution in [-0.4, -0.2) is 49.4 Å². The summed E-state index contributed by atoms with van der Waals surface area (Å²) < 4.78 is 1.52. The number of aromatic nitrogens is 3. The van der Waals surface area contributed by atoms with E-state index in [-0.39, 0.29) is 18.1 Å². The lowest BCUT2D eigenvalue weighted by Gasteiger charge is -2.38. The van der Waals surface area contributed by atoms with Crippen molar-refractivity contribution in [3.63, 3.8) is 0 Å². The van der Waals surface area contributed by atoms with Crippen LogP contribution in [0, 0.1) is 12.8 Å². The summed E-state index contributed by atoms with van der Waals surface area (Å²) in [6.45, 7) is 2.48. The number of amides is 1. The molecular weight excluding hydrogens is 280 g/mol. The van der Waals surface area contributed by atoms with Crippen LogP contribution in [0.15, 0.2) is 18.3 Å². The Bertz CT molecular complexity index is 722. The van der Waals surface area contributed by atoms with Crippen molar-refractivity contribution in [2.75, 3.05) is 6.54 Å². The molecule has 1 saturated heterocycles. The van der Waals surface area contributed by atoms with E-state index in [1.165, 1.54) is 4.63 Å². The summed E-state index contributed by atoms with van der Waals surface area (Å²) in [7, 11) is 0. The zero-order valence-corrected chi connectivity index (χ0v) is 12.6. The lowest BCUT2D eigenvalue weighted by Crippen LogP contribution is -2.48. The Hall–Kier alpha value is -1.95. The lowest BCUT2D eigenvalue weighted by molar-refractivity contribution is 0.0270. The van der Waals surface area contributed by atoms with Crippen molar-refractivity contribution < 1.29 is 9.90 Å². The third kappa shape index (κ3) is 2.18. The molecule has 2 atom stereocenters. The maximum Gasteiger partial charge on any atom is 0.258 e. The molecule has 6 nitrogen and oxygen atoms in total. The smallest absolute Gasteiger partial charge is 0.258 e. The van der Waals surface area contributed by atoms with Gasteiger partial charge in [0.1, 0.15) is 5.52 Å². The Kier molecular flexibility index (Phi) is 3.14. The van der Waals surface area contributed by atoms with Gasteiger partial charge >= 0.3 is 0 Å². The molecule has 0 bridgehead atoms. The molecule has 116 valence electrons. The van der Waals surface area contributed by atoms with Gasteiger partial charge in [-0.15, -0.1) is 0 Å². The second-order valence-corrected chi connectivity index (χ2v) is 6.44. The van der Waals surface area contributed by atoms with Crippen molar-refractivity contribution >= 4 is 11.4 Å². The molecule has 2 aromatic heterocycles. The van der Waals surface area contributed by atoms with Crippen molar-refractivity contribution in [1.29, 1.82) is 0 Å². The highest BCUT2D eigenvalue weighted by Gasteiger charge is 2.41. The van der Waals surface area contributed by atoms with Crippen LogP contribution in [0.2, 0.25) is 0 Å². The number of fused-ring (bicyclic) bond motifs is 1. The molecule has 1 amide bonds. The number of carbonyl (C=O) groups excluding carboxylic acids is 1. The fourth-order valence-corrected chi connectivity index (χ4v) is 3.57. The molecule has 0 radical (unpaired) electrons. The third-order valence-corrected chi connectivity index (χ3v) is 4.85. The highest BCUT2D eigenvalue weighted by atomic mass is 16.3. The van der Waals surface area contributed by atoms with Crippen LogP contribution in [0.1, 0.15) is 41.7 Å². The molecule has 6 heteroatoms. The number of piperidine rings is 1. The Labute approximate surface area is 128 Å². The molecule has 1 saturated carbocycles. The molecule has 1 aliphatic carbocycles. The van der Waals surface area contributed by atoms with E-state index in [9.17, 15) is 9.90 Å². The largest absolute Gasteiger partial charge is 0.393 e. The first-order valence-electron chi connectivity index (χ1n) is 7.95. The number of aliphatic hydroxyl groups is 1. The molecule has 0 aromatic carbocycles. The second kappa shape index (κ2) is 5.05. The van der Waals surface area contributed by atoms with E-state index in [0.29, 0.717) is 36.6 Å². The molecule has 2 aliphatic rings. The normalized spacial score (nSPS) is 25.6. The van der Waals surface area contributed by atoms with Crippen LogP contribution >= 0.6 is 0 Å². The van der Waals surface area contributed by atoms with Gasteiger partial charge in [-0.3, -0.25) is 4.79 Å². The maximum atomic E-state index is 13.1. The van der Waals surface area contributed by atoms with Crippen LogP contribution in [-0.2, 0) is 0 Å². The fraction of sp³-hybridized carbons (Fsp3) is 0.562. The number of carbonyl (C=O) groups is 1. The average Bonchev–Trinajstić information content (AvgIpc) is 3.29. The molecule has 0 unspecified atom stereocenters. The average molecular weight is 300 g/mol. The molecule has 1 aliphatic heterocycles. The molecule has 0 spiro atoms. The number of likely N-dealkylation sites (tertiary alicyclic amines) is 1. The van der Waals surface area contributed by atoms with Crippen molar-refractivity contribution in [1.82, 2.24) is 19.7 Å². The number of nitrogens with zero attached hydrogens (tertiary/aromatic N) is 4. The molecule has 3 heterocycles. The van der Waals surface area contributed by atoms with Crippen LogP contribution < -0.4 is 0 Å². The first kappa shape index (κ1) is 13.7. The summed E-state index contributed by atoms with van der Waals surface area (Å²) >= 11 is 0. The minimum absolute atomic E-state index is 0.0318. The Morgan fingerprint density at radius 2 is 2.18 bits per heavy atom. The van der Waals surface area contributed by atoms with Crippen LogP contribution in [0.25, 0.3) is 5.52 Å². The molecule has 2 aromatic rings. The van der Waals surface area contributed by atoms with Gasteiger partial charge in [0, 0.05) is 18.8 Å². The summed E-state index contributed by atoms with van der Waals surface area (Å²) in [5.41, 5.74) is 2.12. The van der Waals surface area contributed by atoms with Crippen LogP contribution in [0.3, 0.4) is 0 Å². The van der Waals surface area contributed by atoms with Crippen molar-refractivity contribution in [3.8, 4) is 0 Å². The van der Waals surface area contributed by atoms with Gasteiger partial charge in [-0.25, -0.2) is 0 Å². The first-order chi connectivity index (χ1) is 10.6. The number of hydrogen-bond acceptors (Lipinski definition) is 4. The Balaban J connectivity index is 1.71. The number of hydrogen-bond donors (Lipinski definition) is 1. The molecule has 2 fully saturated rings. The van der Waals surface area contributed by atoms with E-state index in [0.717, 1.165) is 18.4 Å². The van der Waals surface area contributed by atoms with E-state index in [2.05, 4.69) is 10.2 Å². The standard InChI is InChI=1S/C16H20N4O2/c1-10-15(13-3-2-7-17-20(13)18-10)16(22)19-8-6-12(21)9-14(19)11-4-5-11/h2-3,7,11-12,14,21H,4-6,8-9H2,1H3/t12-,14-/m1/s1. The first-order valence-corrected chi connectivity index (χ1v) is 7.95. The number of rotatable bonds is 2. The lowest BCUT2D eigenvalue weighted by atomic mass is 9.94. The molecule has 22 heavy (non-hydrogen) atoms. The summed E-state index contributed by atoms with van der Waals surface area (Å²) in [4.78, 5) is 15.1. The van der Waals surface area contributed by atoms with E-state index < -0.39 is 0 Å². The zero-order valence-electron chi connectivity index (χ0n) is 12.6. The predicted molar refractivity (Wildman–Crippen MR) is 80.5 cm³/mol. The van der Waals surface area contributed by atoms with E-state index in [1.54, 1.807) is 6.20 Å². The van der Waals surface area contributed by atoms with Gasteiger partial charge in [0.15, 0.2) is 0 Å². The fourth-order valence-electron chi connectivity index (χ4n) is 3.57.